The summed E-state index contributed by atoms with van der Waals surface area (Å²) in [6, 6.07) is 1.97. The van der Waals surface area contributed by atoms with Gasteiger partial charge in [0.05, 0.1) is 18.0 Å². The van der Waals surface area contributed by atoms with Crippen molar-refractivity contribution in [2.75, 3.05) is 11.9 Å². The van der Waals surface area contributed by atoms with Gasteiger partial charge in [0.15, 0.2) is 5.82 Å². The van der Waals surface area contributed by atoms with Gasteiger partial charge in [-0.25, -0.2) is 9.78 Å². The molecule has 0 spiro atoms. The van der Waals surface area contributed by atoms with Crippen LogP contribution in [0.3, 0.4) is 0 Å². The van der Waals surface area contributed by atoms with Crippen LogP contribution in [0.15, 0.2) is 12.3 Å². The molecule has 0 aliphatic heterocycles. The van der Waals surface area contributed by atoms with E-state index >= 15 is 0 Å². The average Bonchev–Trinajstić information content (AvgIpc) is 3.33. The predicted octanol–water partition coefficient (Wildman–Crippen LogP) is 3.37. The number of aryl methyl sites for hydroxylation is 1. The summed E-state index contributed by atoms with van der Waals surface area (Å²) >= 11 is 1.52. The second kappa shape index (κ2) is 9.18. The van der Waals surface area contributed by atoms with E-state index in [9.17, 15) is 9.59 Å². The molecule has 1 aliphatic carbocycles. The minimum atomic E-state index is -0.360. The summed E-state index contributed by atoms with van der Waals surface area (Å²) in [6.07, 6.45) is 4.62. The molecule has 0 bridgehead atoms. The summed E-state index contributed by atoms with van der Waals surface area (Å²) in [5.74, 6) is 1.12. The number of rotatable bonds is 7. The summed E-state index contributed by atoms with van der Waals surface area (Å²) in [7, 11) is 0. The number of nitrogens with one attached hydrogen (secondary N) is 3. The lowest BCUT2D eigenvalue weighted by atomic mass is 10.0. The molecule has 9 heteroatoms. The lowest BCUT2D eigenvalue weighted by Crippen LogP contribution is -2.31. The van der Waals surface area contributed by atoms with Gasteiger partial charge in [-0.05, 0) is 46.0 Å². The Bertz CT molecular complexity index is 816. The second-order valence-corrected chi connectivity index (χ2v) is 8.87. The molecule has 152 valence electrons. The smallest absolute Gasteiger partial charge is 0.407 e. The molecule has 1 aliphatic rings. The van der Waals surface area contributed by atoms with E-state index in [0.29, 0.717) is 30.7 Å². The SMILES string of the molecule is Cc1ncc(CC(=O)Nc2cc([C@H]3CCC(COC(=O)NC(C)C)C3)[nH]n2)s1. The van der Waals surface area contributed by atoms with Crippen LogP contribution in [-0.4, -0.2) is 39.8 Å². The van der Waals surface area contributed by atoms with Crippen molar-refractivity contribution in [2.45, 2.75) is 58.4 Å². The first-order valence-corrected chi connectivity index (χ1v) is 10.4. The minimum Gasteiger partial charge on any atom is -0.449 e. The van der Waals surface area contributed by atoms with Crippen molar-refractivity contribution in [2.24, 2.45) is 5.92 Å². The highest BCUT2D eigenvalue weighted by atomic mass is 32.1. The zero-order valence-electron chi connectivity index (χ0n) is 16.4. The molecule has 2 amide bonds. The first-order valence-electron chi connectivity index (χ1n) is 9.58. The Hall–Kier alpha value is -2.42. The fourth-order valence-electron chi connectivity index (χ4n) is 3.42. The zero-order valence-corrected chi connectivity index (χ0v) is 17.3. The molecule has 2 aromatic rings. The Labute approximate surface area is 168 Å². The van der Waals surface area contributed by atoms with Crippen molar-refractivity contribution < 1.29 is 14.3 Å². The van der Waals surface area contributed by atoms with E-state index in [1.807, 2.05) is 26.8 Å². The number of alkyl carbamates (subject to hydrolysis) is 1. The van der Waals surface area contributed by atoms with Crippen molar-refractivity contribution in [1.82, 2.24) is 20.5 Å². The maximum Gasteiger partial charge on any atom is 0.407 e. The van der Waals surface area contributed by atoms with E-state index < -0.39 is 0 Å². The van der Waals surface area contributed by atoms with E-state index in [-0.39, 0.29) is 18.0 Å². The normalized spacial score (nSPS) is 19.0. The zero-order chi connectivity index (χ0) is 20.1. The largest absolute Gasteiger partial charge is 0.449 e. The molecule has 2 atom stereocenters. The molecule has 0 aromatic carbocycles. The molecule has 8 nitrogen and oxygen atoms in total. The lowest BCUT2D eigenvalue weighted by molar-refractivity contribution is -0.115. The first kappa shape index (κ1) is 20.3. The summed E-state index contributed by atoms with van der Waals surface area (Å²) in [5.41, 5.74) is 1.01. The van der Waals surface area contributed by atoms with Crippen molar-refractivity contribution in [3.05, 3.63) is 27.8 Å². The van der Waals surface area contributed by atoms with Crippen molar-refractivity contribution in [1.29, 1.82) is 0 Å². The molecule has 28 heavy (non-hydrogen) atoms. The Kier molecular flexibility index (Phi) is 6.66. The van der Waals surface area contributed by atoms with Gasteiger partial charge in [-0.1, -0.05) is 0 Å². The lowest BCUT2D eigenvalue weighted by Gasteiger charge is -2.13. The van der Waals surface area contributed by atoms with Gasteiger partial charge in [0.25, 0.3) is 0 Å². The van der Waals surface area contributed by atoms with Gasteiger partial charge in [0.1, 0.15) is 0 Å². The number of thiazole rings is 1. The van der Waals surface area contributed by atoms with E-state index in [1.54, 1.807) is 6.20 Å². The monoisotopic (exact) mass is 405 g/mol. The van der Waals surface area contributed by atoms with Gasteiger partial charge in [-0.3, -0.25) is 9.89 Å². The van der Waals surface area contributed by atoms with Gasteiger partial charge in [-0.2, -0.15) is 5.10 Å². The van der Waals surface area contributed by atoms with E-state index in [0.717, 1.165) is 34.8 Å². The number of amides is 2. The maximum atomic E-state index is 12.2. The van der Waals surface area contributed by atoms with Gasteiger partial charge in [0, 0.05) is 34.8 Å². The van der Waals surface area contributed by atoms with Crippen LogP contribution in [-0.2, 0) is 16.0 Å². The molecule has 2 aromatic heterocycles. The van der Waals surface area contributed by atoms with Gasteiger partial charge < -0.3 is 15.4 Å². The highest BCUT2D eigenvalue weighted by Gasteiger charge is 2.28. The molecule has 1 saturated carbocycles. The maximum absolute atomic E-state index is 12.2. The number of hydrogen-bond acceptors (Lipinski definition) is 6. The Balaban J connectivity index is 1.45. The average molecular weight is 406 g/mol. The topological polar surface area (TPSA) is 109 Å². The van der Waals surface area contributed by atoms with E-state index in [1.165, 1.54) is 11.3 Å². The predicted molar refractivity (Wildman–Crippen MR) is 107 cm³/mol. The van der Waals surface area contributed by atoms with Crippen molar-refractivity contribution in [3.63, 3.8) is 0 Å². The number of hydrogen-bond donors (Lipinski definition) is 3. The standard InChI is InChI=1S/C19H27N5O3S/c1-11(2)21-19(26)27-10-13-4-5-14(6-13)16-8-17(24-23-16)22-18(25)7-15-9-20-12(3)28-15/h8-9,11,13-14H,4-7,10H2,1-3H3,(H,21,26)(H2,22,23,24,25)/t13?,14-/m0/s1. The third-order valence-electron chi connectivity index (χ3n) is 4.71. The second-order valence-electron chi connectivity index (χ2n) is 7.55. The number of carbonyl (C=O) groups is 2. The molecular weight excluding hydrogens is 378 g/mol. The van der Waals surface area contributed by atoms with Crippen LogP contribution >= 0.6 is 11.3 Å². The summed E-state index contributed by atoms with van der Waals surface area (Å²) in [4.78, 5) is 28.9. The summed E-state index contributed by atoms with van der Waals surface area (Å²) < 4.78 is 5.30. The number of H-pyrrole nitrogens is 1. The van der Waals surface area contributed by atoms with Crippen LogP contribution in [0.4, 0.5) is 10.6 Å². The highest BCUT2D eigenvalue weighted by molar-refractivity contribution is 7.11. The Morgan fingerprint density at radius 3 is 2.93 bits per heavy atom. The number of aromatic amines is 1. The molecular formula is C19H27N5O3S. The van der Waals surface area contributed by atoms with Crippen LogP contribution in [0.2, 0.25) is 0 Å². The molecule has 1 unspecified atom stereocenters. The molecule has 3 N–H and O–H groups in total. The number of nitrogens with zero attached hydrogens (tertiary/aromatic N) is 2. The molecule has 0 saturated heterocycles. The summed E-state index contributed by atoms with van der Waals surface area (Å²) in [5, 5.41) is 13.8. The summed E-state index contributed by atoms with van der Waals surface area (Å²) in [6.45, 7) is 6.16. The number of aromatic nitrogens is 3. The fourth-order valence-corrected chi connectivity index (χ4v) is 4.22. The highest BCUT2D eigenvalue weighted by Crippen LogP contribution is 2.38. The first-order chi connectivity index (χ1) is 13.4. The van der Waals surface area contributed by atoms with Crippen molar-refractivity contribution in [3.8, 4) is 0 Å². The molecule has 2 heterocycles. The number of ether oxygens (including phenoxy) is 1. The van der Waals surface area contributed by atoms with Crippen LogP contribution in [0.1, 0.15) is 54.6 Å². The molecule has 1 fully saturated rings. The van der Waals surface area contributed by atoms with Crippen molar-refractivity contribution >= 4 is 29.2 Å². The van der Waals surface area contributed by atoms with Gasteiger partial charge >= 0.3 is 6.09 Å². The third kappa shape index (κ3) is 5.79. The quantitative estimate of drug-likeness (QED) is 0.654. The minimum absolute atomic E-state index is 0.0718. The van der Waals surface area contributed by atoms with E-state index in [4.69, 9.17) is 4.74 Å². The van der Waals surface area contributed by atoms with Crippen LogP contribution in [0, 0.1) is 12.8 Å². The fraction of sp³-hybridized carbons (Fsp3) is 0.579. The number of anilines is 1. The third-order valence-corrected chi connectivity index (χ3v) is 5.62. The molecule has 0 radical (unpaired) electrons. The van der Waals surface area contributed by atoms with Gasteiger partial charge in [0.2, 0.25) is 5.91 Å². The Morgan fingerprint density at radius 1 is 1.39 bits per heavy atom. The Morgan fingerprint density at radius 2 is 2.21 bits per heavy atom. The number of carbonyl (C=O) groups excluding carboxylic acids is 2. The van der Waals surface area contributed by atoms with Crippen LogP contribution < -0.4 is 10.6 Å². The van der Waals surface area contributed by atoms with Gasteiger partial charge in [-0.15, -0.1) is 11.3 Å². The molecule has 3 rings (SSSR count). The van der Waals surface area contributed by atoms with Crippen LogP contribution in [0.5, 0.6) is 0 Å². The van der Waals surface area contributed by atoms with E-state index in [2.05, 4.69) is 25.8 Å². The van der Waals surface area contributed by atoms with Crippen LogP contribution in [0.25, 0.3) is 0 Å².